The van der Waals surface area contributed by atoms with E-state index in [1.165, 1.54) is 6.92 Å². The third-order valence-electron chi connectivity index (χ3n) is 0.753. The minimum absolute atomic E-state index is 0.690. The van der Waals surface area contributed by atoms with Crippen LogP contribution < -0.4 is 5.32 Å². The first-order chi connectivity index (χ1) is 3.18. The Hall–Kier alpha value is -0.120. The number of likely N-dealkylation sites (N-methyl/N-ethyl adjacent to an activating group) is 1. The molecular weight excluding hydrogens is 94.0 g/mol. The van der Waals surface area contributed by atoms with Crippen LogP contribution in [0.4, 0.5) is 0 Å². The lowest BCUT2D eigenvalue weighted by Gasteiger charge is -2.10. The Kier molecular flexibility index (Phi) is 2.91. The number of aliphatic hydroxyl groups is 2. The molecule has 0 aliphatic rings. The number of aliphatic hydroxyl groups excluding tert-OH is 2. The number of hydrogen-bond acceptors (Lipinski definition) is 3. The second-order valence-corrected chi connectivity index (χ2v) is 1.47. The summed E-state index contributed by atoms with van der Waals surface area (Å²) in [7, 11) is 1.58. The minimum atomic E-state index is -0.792. The summed E-state index contributed by atoms with van der Waals surface area (Å²) in [6, 6.07) is 0. The van der Waals surface area contributed by atoms with Crippen molar-refractivity contribution in [3.05, 3.63) is 0 Å². The van der Waals surface area contributed by atoms with Crippen LogP contribution in [0.15, 0.2) is 0 Å². The molecule has 0 amide bonds. The SMILES string of the molecule is CNC(O)C(C)O. The second-order valence-electron chi connectivity index (χ2n) is 1.47. The fraction of sp³-hybridized carbons (Fsp3) is 1.00. The van der Waals surface area contributed by atoms with E-state index >= 15 is 0 Å². The van der Waals surface area contributed by atoms with E-state index in [1.807, 2.05) is 0 Å². The number of rotatable bonds is 2. The molecule has 2 unspecified atom stereocenters. The third kappa shape index (κ3) is 2.56. The van der Waals surface area contributed by atoms with Gasteiger partial charge in [0, 0.05) is 0 Å². The van der Waals surface area contributed by atoms with Gasteiger partial charge in [0.2, 0.25) is 0 Å². The molecule has 3 nitrogen and oxygen atoms in total. The predicted molar refractivity (Wildman–Crippen MR) is 26.7 cm³/mol. The average Bonchev–Trinajstić information content (AvgIpc) is 1.65. The highest BCUT2D eigenvalue weighted by Crippen LogP contribution is 1.82. The molecule has 0 bridgehead atoms. The zero-order chi connectivity index (χ0) is 5.86. The molecule has 0 fully saturated rings. The summed E-state index contributed by atoms with van der Waals surface area (Å²) in [4.78, 5) is 0. The topological polar surface area (TPSA) is 52.5 Å². The van der Waals surface area contributed by atoms with Gasteiger partial charge in [0.05, 0.1) is 6.10 Å². The van der Waals surface area contributed by atoms with E-state index in [4.69, 9.17) is 10.2 Å². The summed E-state index contributed by atoms with van der Waals surface area (Å²) in [6.07, 6.45) is -1.48. The maximum atomic E-state index is 8.57. The Balaban J connectivity index is 3.14. The Morgan fingerprint density at radius 1 is 1.43 bits per heavy atom. The summed E-state index contributed by atoms with van der Waals surface area (Å²) in [5, 5.41) is 19.6. The van der Waals surface area contributed by atoms with Crippen LogP contribution in [0.3, 0.4) is 0 Å². The van der Waals surface area contributed by atoms with Crippen LogP contribution in [-0.2, 0) is 0 Å². The van der Waals surface area contributed by atoms with Crippen molar-refractivity contribution in [2.75, 3.05) is 7.05 Å². The van der Waals surface area contributed by atoms with Crippen LogP contribution in [0, 0.1) is 0 Å². The van der Waals surface area contributed by atoms with Gasteiger partial charge in [-0.3, -0.25) is 5.32 Å². The normalized spacial score (nSPS) is 18.9. The van der Waals surface area contributed by atoms with Gasteiger partial charge in [-0.15, -0.1) is 0 Å². The van der Waals surface area contributed by atoms with Gasteiger partial charge < -0.3 is 10.2 Å². The molecule has 44 valence electrons. The first kappa shape index (κ1) is 6.88. The molecule has 0 spiro atoms. The van der Waals surface area contributed by atoms with Crippen LogP contribution in [0.5, 0.6) is 0 Å². The summed E-state index contributed by atoms with van der Waals surface area (Å²) in [5.41, 5.74) is 0. The third-order valence-corrected chi connectivity index (χ3v) is 0.753. The van der Waals surface area contributed by atoms with Gasteiger partial charge in [-0.1, -0.05) is 0 Å². The van der Waals surface area contributed by atoms with E-state index in [0.29, 0.717) is 0 Å². The van der Waals surface area contributed by atoms with Gasteiger partial charge in [0.25, 0.3) is 0 Å². The number of nitrogens with one attached hydrogen (secondary N) is 1. The molecule has 3 heteroatoms. The highest BCUT2D eigenvalue weighted by molar-refractivity contribution is 4.53. The van der Waals surface area contributed by atoms with Crippen LogP contribution in [0.2, 0.25) is 0 Å². The van der Waals surface area contributed by atoms with Gasteiger partial charge in [0.15, 0.2) is 0 Å². The van der Waals surface area contributed by atoms with Gasteiger partial charge >= 0.3 is 0 Å². The Morgan fingerprint density at radius 2 is 1.86 bits per heavy atom. The van der Waals surface area contributed by atoms with E-state index < -0.39 is 12.3 Å². The molecule has 7 heavy (non-hydrogen) atoms. The summed E-state index contributed by atoms with van der Waals surface area (Å²) in [5.74, 6) is 0. The van der Waals surface area contributed by atoms with Crippen molar-refractivity contribution >= 4 is 0 Å². The highest BCUT2D eigenvalue weighted by atomic mass is 16.3. The number of hydrogen-bond donors (Lipinski definition) is 3. The summed E-state index contributed by atoms with van der Waals surface area (Å²) < 4.78 is 0. The predicted octanol–water partition coefficient (Wildman–Crippen LogP) is -1.10. The zero-order valence-electron chi connectivity index (χ0n) is 4.55. The van der Waals surface area contributed by atoms with Gasteiger partial charge in [-0.05, 0) is 14.0 Å². The second kappa shape index (κ2) is 2.96. The van der Waals surface area contributed by atoms with E-state index in [9.17, 15) is 0 Å². The van der Waals surface area contributed by atoms with Gasteiger partial charge in [0.1, 0.15) is 6.23 Å². The first-order valence-corrected chi connectivity index (χ1v) is 2.22. The minimum Gasteiger partial charge on any atom is -0.389 e. The molecule has 0 aromatic heterocycles. The van der Waals surface area contributed by atoms with Crippen molar-refractivity contribution in [1.29, 1.82) is 0 Å². The Bertz CT molecular complexity index is 47.0. The van der Waals surface area contributed by atoms with Gasteiger partial charge in [-0.25, -0.2) is 0 Å². The van der Waals surface area contributed by atoms with Crippen LogP contribution in [0.25, 0.3) is 0 Å². The largest absolute Gasteiger partial charge is 0.389 e. The van der Waals surface area contributed by atoms with Crippen LogP contribution >= 0.6 is 0 Å². The maximum absolute atomic E-state index is 8.57. The first-order valence-electron chi connectivity index (χ1n) is 2.22. The average molecular weight is 105 g/mol. The van der Waals surface area contributed by atoms with Crippen LogP contribution in [-0.4, -0.2) is 29.6 Å². The van der Waals surface area contributed by atoms with E-state index in [2.05, 4.69) is 5.32 Å². The molecule has 0 saturated carbocycles. The Morgan fingerprint density at radius 3 is 1.86 bits per heavy atom. The smallest absolute Gasteiger partial charge is 0.130 e. The standard InChI is InChI=1S/C4H11NO2/c1-3(6)4(7)5-2/h3-7H,1-2H3. The molecule has 0 aromatic carbocycles. The van der Waals surface area contributed by atoms with E-state index in [-0.39, 0.29) is 0 Å². The molecule has 0 rings (SSSR count). The van der Waals surface area contributed by atoms with Crippen molar-refractivity contribution < 1.29 is 10.2 Å². The van der Waals surface area contributed by atoms with E-state index in [1.54, 1.807) is 7.05 Å². The molecule has 0 aliphatic carbocycles. The molecule has 0 radical (unpaired) electrons. The molecule has 0 saturated heterocycles. The van der Waals surface area contributed by atoms with Crippen molar-refractivity contribution in [2.24, 2.45) is 0 Å². The lowest BCUT2D eigenvalue weighted by molar-refractivity contribution is 0.0145. The fourth-order valence-electron chi connectivity index (χ4n) is 0.241. The molecule has 0 aliphatic heterocycles. The molecular formula is C4H11NO2. The van der Waals surface area contributed by atoms with Crippen molar-refractivity contribution in [2.45, 2.75) is 19.3 Å². The Labute approximate surface area is 43.0 Å². The molecule has 3 N–H and O–H groups in total. The fourth-order valence-corrected chi connectivity index (χ4v) is 0.241. The lowest BCUT2D eigenvalue weighted by Crippen LogP contribution is -2.34. The van der Waals surface area contributed by atoms with Crippen molar-refractivity contribution in [3.63, 3.8) is 0 Å². The quantitative estimate of drug-likeness (QED) is 0.391. The zero-order valence-corrected chi connectivity index (χ0v) is 4.55. The van der Waals surface area contributed by atoms with Gasteiger partial charge in [-0.2, -0.15) is 0 Å². The van der Waals surface area contributed by atoms with E-state index in [0.717, 1.165) is 0 Å². The highest BCUT2D eigenvalue weighted by Gasteiger charge is 2.04. The lowest BCUT2D eigenvalue weighted by atomic mass is 10.4. The molecule has 0 aromatic rings. The maximum Gasteiger partial charge on any atom is 0.130 e. The monoisotopic (exact) mass is 105 g/mol. The van der Waals surface area contributed by atoms with Crippen molar-refractivity contribution in [1.82, 2.24) is 5.32 Å². The molecule has 0 heterocycles. The summed E-state index contributed by atoms with van der Waals surface area (Å²) in [6.45, 7) is 1.52. The van der Waals surface area contributed by atoms with Crippen molar-refractivity contribution in [3.8, 4) is 0 Å². The van der Waals surface area contributed by atoms with Crippen LogP contribution in [0.1, 0.15) is 6.92 Å². The summed E-state index contributed by atoms with van der Waals surface area (Å²) >= 11 is 0. The molecule has 2 atom stereocenters.